The molecule has 4 nitrogen and oxygen atoms in total. The Bertz CT molecular complexity index is 595. The average Bonchev–Trinajstić information content (AvgIpc) is 2.62. The molecule has 0 aliphatic carbocycles. The van der Waals surface area contributed by atoms with Gasteiger partial charge in [-0.1, -0.05) is 51.1 Å². The number of benzene rings is 1. The molecule has 1 aromatic rings. The minimum atomic E-state index is 0.153. The Morgan fingerprint density at radius 3 is 2.74 bits per heavy atom. The smallest absolute Gasteiger partial charge is 0.220 e. The van der Waals surface area contributed by atoms with E-state index in [1.165, 1.54) is 25.1 Å². The van der Waals surface area contributed by atoms with Crippen molar-refractivity contribution in [1.82, 2.24) is 15.5 Å². The van der Waals surface area contributed by atoms with Crippen LogP contribution in [-0.2, 0) is 11.3 Å². The summed E-state index contributed by atoms with van der Waals surface area (Å²) in [5.41, 5.74) is 1.57. The van der Waals surface area contributed by atoms with Crippen molar-refractivity contribution in [3.63, 3.8) is 0 Å². The van der Waals surface area contributed by atoms with Crippen molar-refractivity contribution in [3.05, 3.63) is 35.9 Å². The van der Waals surface area contributed by atoms with Crippen LogP contribution >= 0.6 is 0 Å². The molecule has 2 N–H and O–H groups in total. The van der Waals surface area contributed by atoms with Crippen molar-refractivity contribution in [2.45, 2.75) is 59.0 Å². The number of amides is 1. The summed E-state index contributed by atoms with van der Waals surface area (Å²) in [5, 5.41) is 6.85. The molecule has 0 radical (unpaired) electrons. The quantitative estimate of drug-likeness (QED) is 0.772. The second kappa shape index (κ2) is 9.20. The molecule has 1 aromatic carbocycles. The largest absolute Gasteiger partial charge is 0.356 e. The fourth-order valence-electron chi connectivity index (χ4n) is 4.52. The Morgan fingerprint density at radius 2 is 2.00 bits per heavy atom. The molecule has 27 heavy (non-hydrogen) atoms. The summed E-state index contributed by atoms with van der Waals surface area (Å²) in [6.45, 7) is 11.8. The Kier molecular flexibility index (Phi) is 6.93. The lowest BCUT2D eigenvalue weighted by atomic mass is 9.79. The zero-order valence-corrected chi connectivity index (χ0v) is 17.3. The maximum Gasteiger partial charge on any atom is 0.220 e. The van der Waals surface area contributed by atoms with Gasteiger partial charge in [-0.15, -0.1) is 0 Å². The third-order valence-corrected chi connectivity index (χ3v) is 5.87. The van der Waals surface area contributed by atoms with Crippen LogP contribution in [0.4, 0.5) is 0 Å². The van der Waals surface area contributed by atoms with Crippen LogP contribution in [0.3, 0.4) is 0 Å². The molecular formula is C23H37N3O. The fraction of sp³-hybridized carbons (Fsp3) is 0.696. The highest BCUT2D eigenvalue weighted by Gasteiger charge is 2.36. The van der Waals surface area contributed by atoms with Gasteiger partial charge in [0, 0.05) is 38.6 Å². The fourth-order valence-corrected chi connectivity index (χ4v) is 4.52. The number of rotatable bonds is 7. The lowest BCUT2D eigenvalue weighted by Crippen LogP contribution is -2.55. The molecule has 0 spiro atoms. The third kappa shape index (κ3) is 6.62. The van der Waals surface area contributed by atoms with E-state index in [4.69, 9.17) is 0 Å². The lowest BCUT2D eigenvalue weighted by molar-refractivity contribution is -0.121. The molecule has 2 bridgehead atoms. The van der Waals surface area contributed by atoms with Crippen molar-refractivity contribution in [2.75, 3.05) is 26.2 Å². The van der Waals surface area contributed by atoms with Crippen LogP contribution < -0.4 is 10.6 Å². The minimum absolute atomic E-state index is 0.153. The maximum absolute atomic E-state index is 12.1. The highest BCUT2D eigenvalue weighted by Crippen LogP contribution is 2.31. The van der Waals surface area contributed by atoms with E-state index in [1.54, 1.807) is 0 Å². The van der Waals surface area contributed by atoms with Gasteiger partial charge in [0.1, 0.15) is 0 Å². The van der Waals surface area contributed by atoms with Gasteiger partial charge in [0.15, 0.2) is 0 Å². The molecule has 2 fully saturated rings. The molecule has 0 aromatic heterocycles. The number of carbonyl (C=O) groups is 1. The Hall–Kier alpha value is -1.39. The second-order valence-corrected chi connectivity index (χ2v) is 9.79. The van der Waals surface area contributed by atoms with E-state index in [9.17, 15) is 4.79 Å². The zero-order valence-electron chi connectivity index (χ0n) is 17.3. The standard InChI is InChI=1S/C23H37N3O/c1-23(2,3)17-25-22(27)11-7-10-21-20-12-19(13-24-21)15-26(16-20)14-18-8-5-4-6-9-18/h4-6,8-9,19-21,24H,7,10-17H2,1-3H3,(H,25,27)/t19-,20+,21+/m0/s1. The average molecular weight is 372 g/mol. The van der Waals surface area contributed by atoms with Crippen LogP contribution in [-0.4, -0.2) is 43.0 Å². The van der Waals surface area contributed by atoms with Crippen LogP contribution in [0.2, 0.25) is 0 Å². The molecule has 0 unspecified atom stereocenters. The summed E-state index contributed by atoms with van der Waals surface area (Å²) in [5.74, 6) is 1.70. The van der Waals surface area contributed by atoms with E-state index >= 15 is 0 Å². The third-order valence-electron chi connectivity index (χ3n) is 5.87. The first-order valence-corrected chi connectivity index (χ1v) is 10.7. The summed E-state index contributed by atoms with van der Waals surface area (Å²) in [6.07, 6.45) is 4.09. The molecule has 4 heteroatoms. The maximum atomic E-state index is 12.1. The number of nitrogens with one attached hydrogen (secondary N) is 2. The summed E-state index contributed by atoms with van der Waals surface area (Å²) >= 11 is 0. The molecule has 2 aliphatic rings. The van der Waals surface area contributed by atoms with E-state index in [1.807, 2.05) is 0 Å². The molecule has 0 saturated carbocycles. The van der Waals surface area contributed by atoms with E-state index in [2.05, 4.69) is 66.6 Å². The van der Waals surface area contributed by atoms with Crippen molar-refractivity contribution >= 4 is 5.91 Å². The summed E-state index contributed by atoms with van der Waals surface area (Å²) < 4.78 is 0. The Balaban J connectivity index is 1.42. The molecule has 3 atom stereocenters. The van der Waals surface area contributed by atoms with Crippen LogP contribution in [0, 0.1) is 17.3 Å². The summed E-state index contributed by atoms with van der Waals surface area (Å²) in [4.78, 5) is 14.7. The van der Waals surface area contributed by atoms with Gasteiger partial charge in [-0.25, -0.2) is 0 Å². The van der Waals surface area contributed by atoms with Gasteiger partial charge >= 0.3 is 0 Å². The highest BCUT2D eigenvalue weighted by atomic mass is 16.1. The number of hydrogen-bond acceptors (Lipinski definition) is 3. The van der Waals surface area contributed by atoms with Crippen LogP contribution in [0.15, 0.2) is 30.3 Å². The van der Waals surface area contributed by atoms with Gasteiger partial charge in [0.05, 0.1) is 0 Å². The second-order valence-electron chi connectivity index (χ2n) is 9.79. The number of fused-ring (bicyclic) bond motifs is 2. The number of likely N-dealkylation sites (tertiary alicyclic amines) is 1. The van der Waals surface area contributed by atoms with Gasteiger partial charge < -0.3 is 10.6 Å². The monoisotopic (exact) mass is 371 g/mol. The number of carbonyl (C=O) groups excluding carboxylic acids is 1. The Morgan fingerprint density at radius 1 is 1.22 bits per heavy atom. The van der Waals surface area contributed by atoms with E-state index in [-0.39, 0.29) is 11.3 Å². The first kappa shape index (κ1) is 20.3. The molecule has 150 valence electrons. The van der Waals surface area contributed by atoms with Crippen molar-refractivity contribution in [1.29, 1.82) is 0 Å². The Labute approximate surface area is 165 Å². The van der Waals surface area contributed by atoms with Gasteiger partial charge in [0.2, 0.25) is 5.91 Å². The highest BCUT2D eigenvalue weighted by molar-refractivity contribution is 5.75. The first-order chi connectivity index (χ1) is 12.9. The number of nitrogens with zero attached hydrogens (tertiary/aromatic N) is 1. The zero-order chi connectivity index (χ0) is 19.3. The van der Waals surface area contributed by atoms with Crippen LogP contribution in [0.5, 0.6) is 0 Å². The van der Waals surface area contributed by atoms with Crippen LogP contribution in [0.1, 0.15) is 52.0 Å². The van der Waals surface area contributed by atoms with Crippen molar-refractivity contribution in [3.8, 4) is 0 Å². The van der Waals surface area contributed by atoms with Crippen LogP contribution in [0.25, 0.3) is 0 Å². The summed E-state index contributed by atoms with van der Waals surface area (Å²) in [6, 6.07) is 11.4. The number of piperidine rings is 2. The van der Waals surface area contributed by atoms with Crippen molar-refractivity contribution in [2.24, 2.45) is 17.3 Å². The van der Waals surface area contributed by atoms with E-state index < -0.39 is 0 Å². The van der Waals surface area contributed by atoms with Gasteiger partial charge in [-0.05, 0) is 48.6 Å². The minimum Gasteiger partial charge on any atom is -0.356 e. The first-order valence-electron chi connectivity index (χ1n) is 10.7. The van der Waals surface area contributed by atoms with Crippen molar-refractivity contribution < 1.29 is 4.79 Å². The molecule has 2 aliphatic heterocycles. The molecule has 2 saturated heterocycles. The van der Waals surface area contributed by atoms with Gasteiger partial charge in [0.25, 0.3) is 0 Å². The lowest BCUT2D eigenvalue weighted by Gasteiger charge is -2.46. The summed E-state index contributed by atoms with van der Waals surface area (Å²) in [7, 11) is 0. The van der Waals surface area contributed by atoms with Gasteiger partial charge in [-0.2, -0.15) is 0 Å². The molecule has 2 heterocycles. The van der Waals surface area contributed by atoms with E-state index in [0.29, 0.717) is 12.5 Å². The molecule has 3 rings (SSSR count). The molecule has 1 amide bonds. The van der Waals surface area contributed by atoms with E-state index in [0.717, 1.165) is 44.3 Å². The predicted octanol–water partition coefficient (Wildman–Crippen LogP) is 3.43. The normalized spacial score (nSPS) is 26.0. The SMILES string of the molecule is CC(C)(C)CNC(=O)CCC[C@H]1NC[C@@H]2C[C@@H]1CN(Cc1ccccc1)C2. The number of hydrogen-bond donors (Lipinski definition) is 2. The topological polar surface area (TPSA) is 44.4 Å². The van der Waals surface area contributed by atoms with Gasteiger partial charge in [-0.3, -0.25) is 9.69 Å². The predicted molar refractivity (Wildman–Crippen MR) is 111 cm³/mol. The molecular weight excluding hydrogens is 334 g/mol.